The monoisotopic (exact) mass is 240 g/mol. The molecule has 0 aliphatic carbocycles. The van der Waals surface area contributed by atoms with E-state index in [1.165, 1.54) is 0 Å². The minimum atomic E-state index is 0.455. The second-order valence-electron chi connectivity index (χ2n) is 4.47. The third-order valence-electron chi connectivity index (χ3n) is 3.28. The van der Waals surface area contributed by atoms with Crippen molar-refractivity contribution < 1.29 is 0 Å². The Labute approximate surface area is 101 Å². The number of aromatic nitrogens is 2. The average Bonchev–Trinajstić information content (AvgIpc) is 2.25. The van der Waals surface area contributed by atoms with E-state index in [1.807, 2.05) is 0 Å². The number of halogens is 1. The van der Waals surface area contributed by atoms with Gasteiger partial charge in [0.15, 0.2) is 0 Å². The molecule has 0 spiro atoms. The Morgan fingerprint density at radius 1 is 1.25 bits per heavy atom. The van der Waals surface area contributed by atoms with Crippen LogP contribution in [0.1, 0.15) is 13.8 Å². The lowest BCUT2D eigenvalue weighted by atomic mass is 10.1. The topological polar surface area (TPSA) is 32.3 Å². The summed E-state index contributed by atoms with van der Waals surface area (Å²) in [7, 11) is 2.16. The molecule has 5 heteroatoms. The van der Waals surface area contributed by atoms with Crippen molar-refractivity contribution in [3.63, 3.8) is 0 Å². The van der Waals surface area contributed by atoms with E-state index < -0.39 is 0 Å². The third kappa shape index (κ3) is 2.28. The minimum absolute atomic E-state index is 0.455. The fourth-order valence-corrected chi connectivity index (χ4v) is 2.22. The quantitative estimate of drug-likeness (QED) is 0.748. The molecule has 0 bridgehead atoms. The van der Waals surface area contributed by atoms with Crippen LogP contribution in [0.4, 0.5) is 5.82 Å². The first-order chi connectivity index (χ1) is 7.58. The number of likely N-dealkylation sites (N-methyl/N-ethyl adjacent to an activating group) is 1. The van der Waals surface area contributed by atoms with Crippen molar-refractivity contribution in [3.05, 3.63) is 17.5 Å². The van der Waals surface area contributed by atoms with Crippen molar-refractivity contribution >= 4 is 17.4 Å². The van der Waals surface area contributed by atoms with E-state index in [0.29, 0.717) is 17.2 Å². The summed E-state index contributed by atoms with van der Waals surface area (Å²) >= 11 is 5.85. The highest BCUT2D eigenvalue weighted by Gasteiger charge is 2.27. The average molecular weight is 241 g/mol. The van der Waals surface area contributed by atoms with Crippen molar-refractivity contribution in [2.45, 2.75) is 25.9 Å². The van der Waals surface area contributed by atoms with Gasteiger partial charge in [0.2, 0.25) is 0 Å². The fraction of sp³-hybridized carbons (Fsp3) is 0.636. The van der Waals surface area contributed by atoms with Gasteiger partial charge in [0.05, 0.1) is 12.4 Å². The lowest BCUT2D eigenvalue weighted by Gasteiger charge is -2.42. The molecule has 2 atom stereocenters. The Balaban J connectivity index is 2.17. The first-order valence-electron chi connectivity index (χ1n) is 5.52. The van der Waals surface area contributed by atoms with Gasteiger partial charge in [-0.1, -0.05) is 11.6 Å². The SMILES string of the molecule is CC1CN(c2cncc(Cl)n2)CC(C)N1C. The maximum absolute atomic E-state index is 5.85. The predicted octanol–water partition coefficient (Wildman–Crippen LogP) is 1.66. The van der Waals surface area contributed by atoms with Crippen LogP contribution in [-0.2, 0) is 0 Å². The lowest BCUT2D eigenvalue weighted by molar-refractivity contribution is 0.169. The fourth-order valence-electron chi connectivity index (χ4n) is 2.08. The third-order valence-corrected chi connectivity index (χ3v) is 3.46. The Hall–Kier alpha value is -0.870. The second-order valence-corrected chi connectivity index (χ2v) is 4.86. The van der Waals surface area contributed by atoms with E-state index in [-0.39, 0.29) is 0 Å². The molecule has 4 nitrogen and oxygen atoms in total. The van der Waals surface area contributed by atoms with Crippen LogP contribution in [0.25, 0.3) is 0 Å². The van der Waals surface area contributed by atoms with Crippen LogP contribution in [0.3, 0.4) is 0 Å². The molecule has 2 rings (SSSR count). The van der Waals surface area contributed by atoms with Crippen LogP contribution in [0.2, 0.25) is 5.15 Å². The Morgan fingerprint density at radius 2 is 1.88 bits per heavy atom. The Bertz CT molecular complexity index is 359. The molecule has 2 heterocycles. The smallest absolute Gasteiger partial charge is 0.149 e. The minimum Gasteiger partial charge on any atom is -0.352 e. The number of hydrogen-bond acceptors (Lipinski definition) is 4. The van der Waals surface area contributed by atoms with Gasteiger partial charge in [-0.05, 0) is 20.9 Å². The lowest BCUT2D eigenvalue weighted by Crippen LogP contribution is -2.55. The summed E-state index contributed by atoms with van der Waals surface area (Å²) in [4.78, 5) is 13.0. The van der Waals surface area contributed by atoms with Gasteiger partial charge in [0, 0.05) is 25.2 Å². The normalized spacial score (nSPS) is 27.1. The van der Waals surface area contributed by atoms with Crippen LogP contribution in [0.15, 0.2) is 12.4 Å². The molecule has 88 valence electrons. The maximum atomic E-state index is 5.85. The molecular weight excluding hydrogens is 224 g/mol. The maximum Gasteiger partial charge on any atom is 0.149 e. The summed E-state index contributed by atoms with van der Waals surface area (Å²) in [5, 5.41) is 0.455. The standard InChI is InChI=1S/C11H17ClN4/c1-8-6-16(7-9(2)15(8)3)11-5-13-4-10(12)14-11/h4-5,8-9H,6-7H2,1-3H3. The largest absolute Gasteiger partial charge is 0.352 e. The molecule has 1 fully saturated rings. The molecule has 0 amide bonds. The van der Waals surface area contributed by atoms with E-state index in [4.69, 9.17) is 11.6 Å². The first-order valence-corrected chi connectivity index (χ1v) is 5.90. The van der Waals surface area contributed by atoms with Crippen molar-refractivity contribution in [2.24, 2.45) is 0 Å². The number of anilines is 1. The Morgan fingerprint density at radius 3 is 2.44 bits per heavy atom. The zero-order valence-corrected chi connectivity index (χ0v) is 10.6. The molecule has 1 saturated heterocycles. The number of rotatable bonds is 1. The molecule has 0 N–H and O–H groups in total. The molecule has 1 aliphatic heterocycles. The number of hydrogen-bond donors (Lipinski definition) is 0. The Kier molecular flexibility index (Phi) is 3.30. The summed E-state index contributed by atoms with van der Waals surface area (Å²) < 4.78 is 0. The van der Waals surface area contributed by atoms with Gasteiger partial charge in [-0.15, -0.1) is 0 Å². The van der Waals surface area contributed by atoms with Gasteiger partial charge >= 0.3 is 0 Å². The van der Waals surface area contributed by atoms with Crippen molar-refractivity contribution in [1.29, 1.82) is 0 Å². The molecule has 16 heavy (non-hydrogen) atoms. The van der Waals surface area contributed by atoms with Crippen LogP contribution in [-0.4, -0.2) is 47.1 Å². The summed E-state index contributed by atoms with van der Waals surface area (Å²) in [6, 6.07) is 1.04. The van der Waals surface area contributed by atoms with Gasteiger partial charge in [-0.2, -0.15) is 0 Å². The molecular formula is C11H17ClN4. The first kappa shape index (κ1) is 11.6. The van der Waals surface area contributed by atoms with Gasteiger partial charge in [-0.25, -0.2) is 4.98 Å². The molecule has 1 aliphatic rings. The van der Waals surface area contributed by atoms with Crippen molar-refractivity contribution in [1.82, 2.24) is 14.9 Å². The van der Waals surface area contributed by atoms with E-state index in [1.54, 1.807) is 12.4 Å². The number of piperazine rings is 1. The highest BCUT2D eigenvalue weighted by Crippen LogP contribution is 2.19. The van der Waals surface area contributed by atoms with Crippen molar-refractivity contribution in [2.75, 3.05) is 25.0 Å². The molecule has 0 radical (unpaired) electrons. The molecule has 1 aromatic heterocycles. The van der Waals surface area contributed by atoms with E-state index in [0.717, 1.165) is 18.9 Å². The zero-order valence-electron chi connectivity index (χ0n) is 9.89. The zero-order chi connectivity index (χ0) is 11.7. The summed E-state index contributed by atoms with van der Waals surface area (Å²) in [6.45, 7) is 6.38. The van der Waals surface area contributed by atoms with Crippen LogP contribution in [0, 0.1) is 0 Å². The van der Waals surface area contributed by atoms with Crippen LogP contribution >= 0.6 is 11.6 Å². The van der Waals surface area contributed by atoms with Gasteiger partial charge in [-0.3, -0.25) is 9.88 Å². The molecule has 0 saturated carbocycles. The van der Waals surface area contributed by atoms with Crippen LogP contribution < -0.4 is 4.90 Å². The highest BCUT2D eigenvalue weighted by molar-refractivity contribution is 6.29. The number of nitrogens with zero attached hydrogens (tertiary/aromatic N) is 4. The molecule has 2 unspecified atom stereocenters. The summed E-state index contributed by atoms with van der Waals surface area (Å²) in [5.41, 5.74) is 0. The highest BCUT2D eigenvalue weighted by atomic mass is 35.5. The van der Waals surface area contributed by atoms with Gasteiger partial charge in [0.25, 0.3) is 0 Å². The molecule has 0 aromatic carbocycles. The summed E-state index contributed by atoms with van der Waals surface area (Å²) in [6.07, 6.45) is 3.34. The van der Waals surface area contributed by atoms with E-state index >= 15 is 0 Å². The van der Waals surface area contributed by atoms with E-state index in [2.05, 4.69) is 40.7 Å². The van der Waals surface area contributed by atoms with Crippen molar-refractivity contribution in [3.8, 4) is 0 Å². The second kappa shape index (κ2) is 4.55. The molecule has 1 aromatic rings. The summed E-state index contributed by atoms with van der Waals surface area (Å²) in [5.74, 6) is 0.874. The van der Waals surface area contributed by atoms with E-state index in [9.17, 15) is 0 Å². The predicted molar refractivity (Wildman–Crippen MR) is 65.9 cm³/mol. The van der Waals surface area contributed by atoms with Gasteiger partial charge in [0.1, 0.15) is 11.0 Å². The van der Waals surface area contributed by atoms with Crippen LogP contribution in [0.5, 0.6) is 0 Å². The van der Waals surface area contributed by atoms with Gasteiger partial charge < -0.3 is 4.90 Å².